The van der Waals surface area contributed by atoms with Crippen molar-refractivity contribution in [3.05, 3.63) is 22.2 Å². The topological polar surface area (TPSA) is 58.4 Å². The minimum atomic E-state index is -0.130. The largest absolute Gasteiger partial charge is 0.397 e. The molecule has 0 aliphatic rings. The van der Waals surface area contributed by atoms with Gasteiger partial charge in [-0.1, -0.05) is 23.2 Å². The molecule has 0 fully saturated rings. The number of nitrogens with two attached hydrogens (primary N) is 1. The van der Waals surface area contributed by atoms with Gasteiger partial charge in [0.1, 0.15) is 0 Å². The Hall–Kier alpha value is -0.970. The zero-order valence-electron chi connectivity index (χ0n) is 9.76. The molecule has 3 N–H and O–H groups in total. The van der Waals surface area contributed by atoms with E-state index in [9.17, 15) is 4.79 Å². The minimum Gasteiger partial charge on any atom is -0.397 e. The predicted molar refractivity (Wildman–Crippen MR) is 72.7 cm³/mol. The lowest BCUT2D eigenvalue weighted by atomic mass is 10.2. The highest BCUT2D eigenvalue weighted by molar-refractivity contribution is 6.37. The maximum absolute atomic E-state index is 11.6. The lowest BCUT2D eigenvalue weighted by molar-refractivity contribution is -0.116. The number of nitrogens with zero attached hydrogens (tertiary/aromatic N) is 1. The number of carbonyl (C=O) groups is 1. The molecule has 1 rings (SSSR count). The second-order valence-electron chi connectivity index (χ2n) is 3.95. The molecular formula is C11H15Cl2N3O. The molecule has 1 aromatic carbocycles. The van der Waals surface area contributed by atoms with Crippen LogP contribution in [0.25, 0.3) is 0 Å². The van der Waals surface area contributed by atoms with Crippen LogP contribution in [0.15, 0.2) is 12.1 Å². The Balaban J connectivity index is 2.72. The van der Waals surface area contributed by atoms with Gasteiger partial charge in [-0.3, -0.25) is 4.79 Å². The molecule has 0 saturated carbocycles. The maximum atomic E-state index is 11.6. The first kappa shape index (κ1) is 14.1. The molecule has 0 heterocycles. The summed E-state index contributed by atoms with van der Waals surface area (Å²) in [7, 11) is 3.80. The SMILES string of the molecule is CN(C)CCC(=O)Nc1c(N)cc(Cl)cc1Cl. The van der Waals surface area contributed by atoms with E-state index in [1.165, 1.54) is 0 Å². The summed E-state index contributed by atoms with van der Waals surface area (Å²) in [4.78, 5) is 13.5. The molecule has 0 aromatic heterocycles. The zero-order valence-corrected chi connectivity index (χ0v) is 11.3. The van der Waals surface area contributed by atoms with Crippen molar-refractivity contribution < 1.29 is 4.79 Å². The fourth-order valence-electron chi connectivity index (χ4n) is 1.25. The first-order valence-electron chi connectivity index (χ1n) is 5.09. The highest BCUT2D eigenvalue weighted by Crippen LogP contribution is 2.31. The van der Waals surface area contributed by atoms with Crippen molar-refractivity contribution in [3.63, 3.8) is 0 Å². The normalized spacial score (nSPS) is 10.6. The molecule has 4 nitrogen and oxygen atoms in total. The molecular weight excluding hydrogens is 261 g/mol. The second kappa shape index (κ2) is 6.10. The number of nitrogen functional groups attached to an aromatic ring is 1. The lowest BCUT2D eigenvalue weighted by Gasteiger charge is -2.12. The van der Waals surface area contributed by atoms with Gasteiger partial charge in [0.15, 0.2) is 0 Å². The Morgan fingerprint density at radius 1 is 1.41 bits per heavy atom. The van der Waals surface area contributed by atoms with Gasteiger partial charge in [0, 0.05) is 18.0 Å². The summed E-state index contributed by atoms with van der Waals surface area (Å²) in [5.74, 6) is -0.130. The molecule has 17 heavy (non-hydrogen) atoms. The number of nitrogens with one attached hydrogen (secondary N) is 1. The standard InChI is InChI=1S/C11H15Cl2N3O/c1-16(2)4-3-10(17)15-11-8(13)5-7(12)6-9(11)14/h5-6H,3-4,14H2,1-2H3,(H,15,17). The van der Waals surface area contributed by atoms with E-state index in [0.29, 0.717) is 34.4 Å². The van der Waals surface area contributed by atoms with Crippen molar-refractivity contribution in [1.82, 2.24) is 4.90 Å². The molecule has 0 unspecified atom stereocenters. The number of anilines is 2. The van der Waals surface area contributed by atoms with E-state index < -0.39 is 0 Å². The van der Waals surface area contributed by atoms with Crippen molar-refractivity contribution in [2.24, 2.45) is 0 Å². The van der Waals surface area contributed by atoms with E-state index in [0.717, 1.165) is 0 Å². The quantitative estimate of drug-likeness (QED) is 0.830. The maximum Gasteiger partial charge on any atom is 0.225 e. The van der Waals surface area contributed by atoms with Crippen LogP contribution in [0.4, 0.5) is 11.4 Å². The van der Waals surface area contributed by atoms with Crippen molar-refractivity contribution >= 4 is 40.5 Å². The first-order valence-corrected chi connectivity index (χ1v) is 5.85. The molecule has 0 saturated heterocycles. The third-order valence-corrected chi connectivity index (χ3v) is 2.65. The third kappa shape index (κ3) is 4.42. The zero-order chi connectivity index (χ0) is 13.0. The number of hydrogen-bond acceptors (Lipinski definition) is 3. The summed E-state index contributed by atoms with van der Waals surface area (Å²) in [5, 5.41) is 3.46. The Labute approximate surface area is 111 Å². The smallest absolute Gasteiger partial charge is 0.225 e. The van der Waals surface area contributed by atoms with E-state index in [4.69, 9.17) is 28.9 Å². The van der Waals surface area contributed by atoms with Gasteiger partial charge in [-0.05, 0) is 26.2 Å². The Morgan fingerprint density at radius 3 is 2.59 bits per heavy atom. The highest BCUT2D eigenvalue weighted by atomic mass is 35.5. The monoisotopic (exact) mass is 275 g/mol. The summed E-state index contributed by atoms with van der Waals surface area (Å²) >= 11 is 11.7. The van der Waals surface area contributed by atoms with Crippen LogP contribution in [0.2, 0.25) is 10.0 Å². The summed E-state index contributed by atoms with van der Waals surface area (Å²) in [6, 6.07) is 3.09. The van der Waals surface area contributed by atoms with Gasteiger partial charge >= 0.3 is 0 Å². The number of amides is 1. The fourth-order valence-corrected chi connectivity index (χ4v) is 1.81. The lowest BCUT2D eigenvalue weighted by Crippen LogP contribution is -2.21. The molecule has 94 valence electrons. The van der Waals surface area contributed by atoms with Crippen LogP contribution < -0.4 is 11.1 Å². The summed E-state index contributed by atoms with van der Waals surface area (Å²) < 4.78 is 0. The van der Waals surface area contributed by atoms with E-state index >= 15 is 0 Å². The third-order valence-electron chi connectivity index (χ3n) is 2.14. The molecule has 6 heteroatoms. The molecule has 1 amide bonds. The molecule has 0 bridgehead atoms. The molecule has 0 radical (unpaired) electrons. The summed E-state index contributed by atoms with van der Waals surface area (Å²) in [5.41, 5.74) is 6.51. The average Bonchev–Trinajstić information content (AvgIpc) is 2.20. The predicted octanol–water partition coefficient (Wildman–Crippen LogP) is 2.47. The Kier molecular flexibility index (Phi) is 5.05. The van der Waals surface area contributed by atoms with Crippen molar-refractivity contribution in [2.45, 2.75) is 6.42 Å². The Bertz CT molecular complexity index is 398. The van der Waals surface area contributed by atoms with E-state index in [1.807, 2.05) is 19.0 Å². The van der Waals surface area contributed by atoms with Crippen molar-refractivity contribution in [1.29, 1.82) is 0 Å². The molecule has 0 aliphatic heterocycles. The minimum absolute atomic E-state index is 0.130. The van der Waals surface area contributed by atoms with Gasteiger partial charge in [-0.25, -0.2) is 0 Å². The molecule has 1 aromatic rings. The summed E-state index contributed by atoms with van der Waals surface area (Å²) in [6.45, 7) is 0.664. The number of carbonyl (C=O) groups excluding carboxylic acids is 1. The van der Waals surface area contributed by atoms with Gasteiger partial charge in [-0.15, -0.1) is 0 Å². The highest BCUT2D eigenvalue weighted by Gasteiger charge is 2.10. The second-order valence-corrected chi connectivity index (χ2v) is 4.80. The van der Waals surface area contributed by atoms with Crippen LogP contribution in [-0.4, -0.2) is 31.4 Å². The van der Waals surface area contributed by atoms with Gasteiger partial charge in [0.25, 0.3) is 0 Å². The number of hydrogen-bond donors (Lipinski definition) is 2. The number of benzene rings is 1. The molecule has 0 aliphatic carbocycles. The van der Waals surface area contributed by atoms with Gasteiger partial charge in [0.05, 0.1) is 16.4 Å². The molecule has 0 spiro atoms. The molecule has 0 atom stereocenters. The van der Waals surface area contributed by atoms with E-state index in [1.54, 1.807) is 12.1 Å². The first-order chi connectivity index (χ1) is 7.90. The Morgan fingerprint density at radius 2 is 2.06 bits per heavy atom. The van der Waals surface area contributed by atoms with Crippen LogP contribution in [-0.2, 0) is 4.79 Å². The van der Waals surface area contributed by atoms with Crippen LogP contribution in [0.1, 0.15) is 6.42 Å². The number of halogens is 2. The van der Waals surface area contributed by atoms with E-state index in [-0.39, 0.29) is 5.91 Å². The fraction of sp³-hybridized carbons (Fsp3) is 0.364. The van der Waals surface area contributed by atoms with Gasteiger partial charge in [-0.2, -0.15) is 0 Å². The van der Waals surface area contributed by atoms with Crippen molar-refractivity contribution in [3.8, 4) is 0 Å². The van der Waals surface area contributed by atoms with Gasteiger partial charge < -0.3 is 16.0 Å². The van der Waals surface area contributed by atoms with Crippen LogP contribution in [0, 0.1) is 0 Å². The van der Waals surface area contributed by atoms with Crippen LogP contribution in [0.5, 0.6) is 0 Å². The van der Waals surface area contributed by atoms with E-state index in [2.05, 4.69) is 5.32 Å². The van der Waals surface area contributed by atoms with Crippen LogP contribution >= 0.6 is 23.2 Å². The summed E-state index contributed by atoms with van der Waals surface area (Å²) in [6.07, 6.45) is 0.380. The van der Waals surface area contributed by atoms with Crippen molar-refractivity contribution in [2.75, 3.05) is 31.7 Å². The van der Waals surface area contributed by atoms with Gasteiger partial charge in [0.2, 0.25) is 5.91 Å². The van der Waals surface area contributed by atoms with Crippen LogP contribution in [0.3, 0.4) is 0 Å². The number of rotatable bonds is 4. The average molecular weight is 276 g/mol.